The quantitative estimate of drug-likeness (QED) is 0.0280. The Morgan fingerprint density at radius 3 is 0.848 bits per heavy atom. The summed E-state index contributed by atoms with van der Waals surface area (Å²) in [6.07, 6.45) is 53.9. The average Bonchev–Trinajstić information content (AvgIpc) is 1.55. The number of unbranched alkanes of at least 4 members (excludes halogenated alkanes) is 26. The number of nitrogens with zero attached hydrogens (tertiary/aromatic N) is 6. The number of thiophene rings is 8. The van der Waals surface area contributed by atoms with Gasteiger partial charge in [-0.2, -0.15) is 0 Å². The van der Waals surface area contributed by atoms with Gasteiger partial charge in [0.25, 0.3) is 23.6 Å². The van der Waals surface area contributed by atoms with Crippen LogP contribution in [0.4, 0.5) is 0 Å². The molecule has 10 nitrogen and oxygen atoms in total. The molecule has 0 radical (unpaired) electrons. The first-order valence-electron chi connectivity index (χ1n) is 54.7. The molecule has 0 aliphatic carbocycles. The van der Waals surface area contributed by atoms with E-state index in [1.54, 1.807) is 71.6 Å². The van der Waals surface area contributed by atoms with Crippen LogP contribution in [0.2, 0.25) is 29.6 Å². The van der Waals surface area contributed by atoms with E-state index in [-0.39, 0.29) is 23.6 Å². The molecule has 4 atom stereocenters. The SMILES string of the molecule is CCCCCCC(CCCC)CN1C(=O)C(c2ccc(Br)s2)=C2C1=C(c1ccc(Br)s1)C(=O)N2CC(CCCC)CCCCCC.CCCCCCCCn1c2c[c]([Sn]([CH3])([CH3])[CH3])sc2c2s[c]([Sn]([CH3])([CH3])[CH3])cc21.CCCCCCCCn1c2cc(C)sc2c2sc(-c3ccc(C4=C5C(=C(c6ccc(C)s6)C(=O)N5CC(CCCC)CCCCCC)N(CC(CCCC)CCCCCC)C4=O)s3)cc21. The summed E-state index contributed by atoms with van der Waals surface area (Å²) in [6.45, 7) is 32.0. The van der Waals surface area contributed by atoms with Gasteiger partial charge in [-0.05, 0) is 188 Å². The fraction of sp³-hybridized carbons (Fsp3) is 0.621. The van der Waals surface area contributed by atoms with Crippen molar-refractivity contribution in [2.45, 2.75) is 408 Å². The van der Waals surface area contributed by atoms with Crippen molar-refractivity contribution in [1.29, 1.82) is 0 Å². The average molecular weight is 2370 g/mol. The van der Waals surface area contributed by atoms with Crippen LogP contribution in [0.25, 0.3) is 72.9 Å². The molecule has 4 aliphatic rings. The van der Waals surface area contributed by atoms with Crippen LogP contribution in [0.3, 0.4) is 0 Å². The van der Waals surface area contributed by atoms with Crippen LogP contribution in [-0.4, -0.2) is 115 Å². The van der Waals surface area contributed by atoms with Gasteiger partial charge < -0.3 is 24.2 Å². The van der Waals surface area contributed by atoms with Gasteiger partial charge in [-0.15, -0.1) is 68.0 Å². The van der Waals surface area contributed by atoms with Crippen molar-refractivity contribution in [3.63, 3.8) is 0 Å². The third kappa shape index (κ3) is 29.2. The van der Waals surface area contributed by atoms with Gasteiger partial charge in [0.1, 0.15) is 0 Å². The minimum Gasteiger partial charge on any atom is -0.339 e. The van der Waals surface area contributed by atoms with Crippen molar-refractivity contribution in [2.24, 2.45) is 23.7 Å². The van der Waals surface area contributed by atoms with E-state index < -0.39 is 36.8 Å². The summed E-state index contributed by atoms with van der Waals surface area (Å²) >= 11 is 18.0. The Morgan fingerprint density at radius 1 is 0.261 bits per heavy atom. The van der Waals surface area contributed by atoms with Gasteiger partial charge in [0.2, 0.25) is 0 Å². The zero-order chi connectivity index (χ0) is 98.7. The van der Waals surface area contributed by atoms with E-state index in [4.69, 9.17) is 0 Å². The second-order valence-corrected chi connectivity index (χ2v) is 85.2. The van der Waals surface area contributed by atoms with Gasteiger partial charge in [-0.1, -0.05) is 249 Å². The molecule has 10 aromatic rings. The van der Waals surface area contributed by atoms with Crippen LogP contribution >= 0.6 is 123 Å². The van der Waals surface area contributed by atoms with Gasteiger partial charge in [-0.3, -0.25) is 19.2 Å². The number of amides is 4. The van der Waals surface area contributed by atoms with E-state index >= 15 is 9.59 Å². The smallest absolute Gasteiger partial charge is 0.262 e. The molecule has 4 aliphatic heterocycles. The number of fused-ring (bicyclic) bond motifs is 8. The van der Waals surface area contributed by atoms with Crippen LogP contribution in [0.15, 0.2) is 103 Å². The van der Waals surface area contributed by atoms with Gasteiger partial charge >= 0.3 is 184 Å². The number of halogens is 2. The third-order valence-electron chi connectivity index (χ3n) is 29.0. The molecule has 0 N–H and O–H groups in total. The fourth-order valence-corrected chi connectivity index (χ4v) is 41.1. The first-order valence-corrected chi connectivity index (χ1v) is 82.8. The second kappa shape index (κ2) is 56.1. The molecule has 14 rings (SSSR count). The Hall–Kier alpha value is -3.40. The zero-order valence-corrected chi connectivity index (χ0v) is 103. The van der Waals surface area contributed by atoms with Crippen molar-refractivity contribution in [3.05, 3.63) is 132 Å². The van der Waals surface area contributed by atoms with Gasteiger partial charge in [-0.25, -0.2) is 0 Å². The van der Waals surface area contributed by atoms with Crippen LogP contribution in [0.1, 0.15) is 381 Å². The van der Waals surface area contributed by atoms with Crippen molar-refractivity contribution in [1.82, 2.24) is 28.7 Å². The standard InChI is InChI=1S/C56H79N3O2S4.C38H54Br2N2O2S2.C16H19NS2.6CH3.2Sn/c1-8-13-18-21-22-25-34-57-43-35-40(7)63-53(43)54-44(57)36-48(65-54)45-32-33-47(64-45)50-52-51(58(56(50)61)37-41(26-16-11-4)28-23-19-14-9-2)49(46-31-30-39(6)62-46)55(60)59(52)38-42(27-17-12-5)29-24-20-15-10-3;1-5-9-13-15-19-27(17-11-7-3)25-41-35-33(29-21-23-31(39)45-29)38(44)42(26-28(18-12-8-4)20-16-14-10-6-2)36(35)34(37(41)43)30-22-24-32(40)46-30;1-2-3-4-5-6-7-10-17-13-8-11-18-15(13)16-14(17)9-12-19-16;;;;;;;;/h30-33,35-36,41-42H,8-29,34,37-38H2,1-7H3;21-24,27-28H,5-20,25-26H2,1-4H3;8-9H,2-7,10H2,1H3;6*1H3;;. The summed E-state index contributed by atoms with van der Waals surface area (Å²) in [4.78, 5) is 92.9. The topological polar surface area (TPSA) is 91.1 Å². The molecule has 10 aromatic heterocycles. The van der Waals surface area contributed by atoms with E-state index in [9.17, 15) is 9.59 Å². The molecule has 0 aromatic carbocycles. The summed E-state index contributed by atoms with van der Waals surface area (Å²) in [5, 5.41) is 0. The van der Waals surface area contributed by atoms with Gasteiger partial charge in [0.05, 0.1) is 73.1 Å². The number of carbonyl (C=O) groups excluding carboxylic acids is 4. The van der Waals surface area contributed by atoms with Crippen LogP contribution < -0.4 is 5.79 Å². The molecule has 0 spiro atoms. The minimum absolute atomic E-state index is 0.0630. The van der Waals surface area contributed by atoms with Gasteiger partial charge in [0.15, 0.2) is 0 Å². The number of aryl methyl sites for hydroxylation is 4. The molecule has 4 amide bonds. The first kappa shape index (κ1) is 113. The normalized spacial score (nSPS) is 15.3. The minimum atomic E-state index is -2.01. The van der Waals surface area contributed by atoms with Crippen LogP contribution in [-0.2, 0) is 32.3 Å². The van der Waals surface area contributed by atoms with E-state index in [0.29, 0.717) is 61.0 Å². The molecule has 0 saturated carbocycles. The molecule has 758 valence electrons. The summed E-state index contributed by atoms with van der Waals surface area (Å²) in [5.74, 6) is 1.93. The Bertz CT molecular complexity index is 5540. The van der Waals surface area contributed by atoms with Gasteiger partial charge in [0, 0.05) is 71.7 Å². The number of hydrogen-bond acceptors (Lipinski definition) is 12. The largest absolute Gasteiger partial charge is 0.339 e. The molecule has 138 heavy (non-hydrogen) atoms. The van der Waals surface area contributed by atoms with Crippen LogP contribution in [0, 0.1) is 37.5 Å². The number of carbonyl (C=O) groups is 4. The van der Waals surface area contributed by atoms with E-state index in [2.05, 4.69) is 247 Å². The predicted octanol–water partition coefficient (Wildman–Crippen LogP) is 38.1. The summed E-state index contributed by atoms with van der Waals surface area (Å²) < 4.78 is 16.8. The Morgan fingerprint density at radius 2 is 0.529 bits per heavy atom. The molecule has 0 fully saturated rings. The monoisotopic (exact) mass is 2360 g/mol. The third-order valence-corrected chi connectivity index (χ3v) is 58.2. The maximum Gasteiger partial charge on any atom is 0.262 e. The summed E-state index contributed by atoms with van der Waals surface area (Å²) in [5.41, 5.74) is 12.3. The zero-order valence-electron chi connectivity index (χ0n) is 87.9. The number of hydrogen-bond donors (Lipinski definition) is 0. The maximum absolute atomic E-state index is 15.6. The molecular formula is C116H170Br2N6O4S8Sn2. The van der Waals surface area contributed by atoms with Crippen molar-refractivity contribution in [2.75, 3.05) is 26.2 Å². The summed E-state index contributed by atoms with van der Waals surface area (Å²) in [7, 11) is 0. The fourth-order valence-electron chi connectivity index (χ4n) is 21.1. The Labute approximate surface area is 890 Å². The molecule has 14 heterocycles. The number of aromatic nitrogens is 2. The number of rotatable bonds is 61. The van der Waals surface area contributed by atoms with E-state index in [1.807, 2.05) is 44.6 Å². The Balaban J connectivity index is 0.000000202. The maximum atomic E-state index is 15.6. The summed E-state index contributed by atoms with van der Waals surface area (Å²) in [6, 6.07) is 26.9. The second-order valence-electron chi connectivity index (χ2n) is 42.7. The molecular weight excluding hydrogens is 2200 g/mol. The Kier molecular flexibility index (Phi) is 46.1. The van der Waals surface area contributed by atoms with Crippen molar-refractivity contribution < 1.29 is 19.2 Å². The molecule has 0 bridgehead atoms. The van der Waals surface area contributed by atoms with Crippen molar-refractivity contribution in [3.8, 4) is 9.75 Å². The van der Waals surface area contributed by atoms with Crippen molar-refractivity contribution >= 4 is 252 Å². The van der Waals surface area contributed by atoms with Crippen LogP contribution in [0.5, 0.6) is 0 Å². The first-order chi connectivity index (χ1) is 66.7. The molecule has 22 heteroatoms. The molecule has 4 unspecified atom stereocenters. The van der Waals surface area contributed by atoms with E-state index in [1.165, 1.54) is 226 Å². The predicted molar refractivity (Wildman–Crippen MR) is 626 cm³/mol. The molecule has 0 saturated heterocycles. The van der Waals surface area contributed by atoms with E-state index in [0.717, 1.165) is 170 Å².